The Kier molecular flexibility index (Phi) is 5.34. The first-order valence-electron chi connectivity index (χ1n) is 10.6. The van der Waals surface area contributed by atoms with Crippen LogP contribution in [0.5, 0.6) is 5.75 Å². The Hall–Kier alpha value is -3.32. The molecule has 0 saturated carbocycles. The summed E-state index contributed by atoms with van der Waals surface area (Å²) in [7, 11) is 0. The number of ether oxygens (including phenoxy) is 2. The van der Waals surface area contributed by atoms with Crippen molar-refractivity contribution in [1.29, 1.82) is 0 Å². The predicted molar refractivity (Wildman–Crippen MR) is 116 cm³/mol. The van der Waals surface area contributed by atoms with Crippen LogP contribution in [0, 0.1) is 6.92 Å². The topological polar surface area (TPSA) is 68.0 Å². The highest BCUT2D eigenvalue weighted by Gasteiger charge is 2.34. The SMILES string of the molecule is Cc1oc(-c2ccccc2)nc1CN1CC(C(=O)N2CCOCC2)Oc2ccccc21. The van der Waals surface area contributed by atoms with Crippen molar-refractivity contribution < 1.29 is 18.7 Å². The van der Waals surface area contributed by atoms with Gasteiger partial charge in [0.05, 0.1) is 32.0 Å². The number of rotatable bonds is 4. The van der Waals surface area contributed by atoms with Crippen molar-refractivity contribution >= 4 is 11.6 Å². The highest BCUT2D eigenvalue weighted by Crippen LogP contribution is 2.35. The second kappa shape index (κ2) is 8.43. The molecule has 7 nitrogen and oxygen atoms in total. The molecule has 7 heteroatoms. The number of fused-ring (bicyclic) bond motifs is 1. The fraction of sp³-hybridized carbons (Fsp3) is 0.333. The minimum atomic E-state index is -0.561. The third-order valence-corrected chi connectivity index (χ3v) is 5.71. The van der Waals surface area contributed by atoms with Crippen molar-refractivity contribution in [3.63, 3.8) is 0 Å². The molecule has 0 spiro atoms. The van der Waals surface area contributed by atoms with Gasteiger partial charge in [-0.3, -0.25) is 4.79 Å². The molecule has 1 atom stereocenters. The zero-order chi connectivity index (χ0) is 21.2. The van der Waals surface area contributed by atoms with E-state index in [0.29, 0.717) is 51.0 Å². The van der Waals surface area contributed by atoms with Gasteiger partial charge in [-0.15, -0.1) is 0 Å². The number of nitrogens with zero attached hydrogens (tertiary/aromatic N) is 3. The number of morpholine rings is 1. The highest BCUT2D eigenvalue weighted by molar-refractivity contribution is 5.83. The third-order valence-electron chi connectivity index (χ3n) is 5.71. The predicted octanol–water partition coefficient (Wildman–Crippen LogP) is 3.28. The minimum Gasteiger partial charge on any atom is -0.477 e. The number of hydrogen-bond acceptors (Lipinski definition) is 6. The van der Waals surface area contributed by atoms with Crippen molar-refractivity contribution in [2.24, 2.45) is 0 Å². The van der Waals surface area contributed by atoms with Crippen LogP contribution in [0.2, 0.25) is 0 Å². The van der Waals surface area contributed by atoms with E-state index in [-0.39, 0.29) is 5.91 Å². The Balaban J connectivity index is 1.40. The smallest absolute Gasteiger partial charge is 0.265 e. The molecule has 0 N–H and O–H groups in total. The molecule has 1 fully saturated rings. The summed E-state index contributed by atoms with van der Waals surface area (Å²) in [5.74, 6) is 2.10. The molecular weight excluding hydrogens is 394 g/mol. The molecule has 160 valence electrons. The van der Waals surface area contributed by atoms with E-state index in [9.17, 15) is 4.79 Å². The quantitative estimate of drug-likeness (QED) is 0.647. The van der Waals surface area contributed by atoms with Gasteiger partial charge in [0, 0.05) is 18.7 Å². The number of para-hydroxylation sites is 2. The molecule has 0 bridgehead atoms. The van der Waals surface area contributed by atoms with Gasteiger partial charge in [0.25, 0.3) is 5.91 Å². The molecule has 2 aromatic carbocycles. The van der Waals surface area contributed by atoms with Crippen LogP contribution in [-0.4, -0.2) is 54.7 Å². The van der Waals surface area contributed by atoms with E-state index in [1.165, 1.54) is 0 Å². The molecule has 1 amide bonds. The van der Waals surface area contributed by atoms with E-state index in [4.69, 9.17) is 18.9 Å². The van der Waals surface area contributed by atoms with E-state index in [1.54, 1.807) is 0 Å². The monoisotopic (exact) mass is 419 g/mol. The summed E-state index contributed by atoms with van der Waals surface area (Å²) >= 11 is 0. The summed E-state index contributed by atoms with van der Waals surface area (Å²) in [5, 5.41) is 0. The van der Waals surface area contributed by atoms with E-state index < -0.39 is 6.10 Å². The molecule has 3 heterocycles. The summed E-state index contributed by atoms with van der Waals surface area (Å²) in [6, 6.07) is 17.7. The molecule has 5 rings (SSSR count). The number of aromatic nitrogens is 1. The number of benzene rings is 2. The largest absolute Gasteiger partial charge is 0.477 e. The van der Waals surface area contributed by atoms with Gasteiger partial charge < -0.3 is 23.7 Å². The fourth-order valence-corrected chi connectivity index (χ4v) is 4.03. The zero-order valence-electron chi connectivity index (χ0n) is 17.5. The molecule has 0 aliphatic carbocycles. The van der Waals surface area contributed by atoms with Gasteiger partial charge in [-0.25, -0.2) is 4.98 Å². The molecule has 3 aromatic rings. The van der Waals surface area contributed by atoms with Gasteiger partial charge in [0.2, 0.25) is 5.89 Å². The van der Waals surface area contributed by atoms with Gasteiger partial charge >= 0.3 is 0 Å². The van der Waals surface area contributed by atoms with Crippen molar-refractivity contribution in [2.75, 3.05) is 37.7 Å². The molecule has 0 radical (unpaired) electrons. The summed E-state index contributed by atoms with van der Waals surface area (Å²) in [5.41, 5.74) is 2.75. The van der Waals surface area contributed by atoms with Crippen LogP contribution in [0.25, 0.3) is 11.5 Å². The van der Waals surface area contributed by atoms with Gasteiger partial charge in [-0.05, 0) is 31.2 Å². The van der Waals surface area contributed by atoms with Crippen LogP contribution in [0.3, 0.4) is 0 Å². The maximum absolute atomic E-state index is 13.1. The first-order valence-corrected chi connectivity index (χ1v) is 10.6. The lowest BCUT2D eigenvalue weighted by atomic mass is 10.1. The average molecular weight is 419 g/mol. The molecule has 1 saturated heterocycles. The summed E-state index contributed by atoms with van der Waals surface area (Å²) in [6.07, 6.45) is -0.561. The average Bonchev–Trinajstić information content (AvgIpc) is 3.19. The number of anilines is 1. The summed E-state index contributed by atoms with van der Waals surface area (Å²) < 4.78 is 17.4. The van der Waals surface area contributed by atoms with Gasteiger partial charge in [0.1, 0.15) is 17.2 Å². The van der Waals surface area contributed by atoms with E-state index in [2.05, 4.69) is 4.90 Å². The Bertz CT molecular complexity index is 1060. The molecule has 2 aliphatic rings. The van der Waals surface area contributed by atoms with E-state index >= 15 is 0 Å². The Morgan fingerprint density at radius 1 is 1.06 bits per heavy atom. The molecule has 31 heavy (non-hydrogen) atoms. The van der Waals surface area contributed by atoms with Crippen LogP contribution in [0.4, 0.5) is 5.69 Å². The second-order valence-electron chi connectivity index (χ2n) is 7.78. The number of oxazole rings is 1. The number of amides is 1. The van der Waals surface area contributed by atoms with Crippen LogP contribution in [0.15, 0.2) is 59.0 Å². The molecule has 2 aliphatic heterocycles. The van der Waals surface area contributed by atoms with Crippen molar-refractivity contribution in [3.05, 3.63) is 66.1 Å². The summed E-state index contributed by atoms with van der Waals surface area (Å²) in [6.45, 7) is 5.26. The lowest BCUT2D eigenvalue weighted by Crippen LogP contribution is -2.52. The maximum Gasteiger partial charge on any atom is 0.265 e. The van der Waals surface area contributed by atoms with E-state index in [1.807, 2.05) is 66.4 Å². The Labute approximate surface area is 181 Å². The number of carbonyl (C=O) groups is 1. The number of hydrogen-bond donors (Lipinski definition) is 0. The van der Waals surface area contributed by atoms with E-state index in [0.717, 1.165) is 22.7 Å². The van der Waals surface area contributed by atoms with Crippen LogP contribution in [-0.2, 0) is 16.1 Å². The highest BCUT2D eigenvalue weighted by atomic mass is 16.5. The van der Waals surface area contributed by atoms with Crippen molar-refractivity contribution in [2.45, 2.75) is 19.6 Å². The first kappa shape index (κ1) is 19.6. The minimum absolute atomic E-state index is 0.00431. The lowest BCUT2D eigenvalue weighted by Gasteiger charge is -2.38. The Morgan fingerprint density at radius 2 is 1.81 bits per heavy atom. The molecule has 1 aromatic heterocycles. The van der Waals surface area contributed by atoms with Crippen LogP contribution >= 0.6 is 0 Å². The van der Waals surface area contributed by atoms with Gasteiger partial charge in [0.15, 0.2) is 6.10 Å². The lowest BCUT2D eigenvalue weighted by molar-refractivity contribution is -0.142. The second-order valence-corrected chi connectivity index (χ2v) is 7.78. The zero-order valence-corrected chi connectivity index (χ0v) is 17.5. The van der Waals surface area contributed by atoms with Gasteiger partial charge in [-0.2, -0.15) is 0 Å². The third kappa shape index (κ3) is 4.01. The Morgan fingerprint density at radius 3 is 2.61 bits per heavy atom. The standard InChI is InChI=1S/C24H25N3O4/c1-17-19(25-23(30-17)18-7-3-2-4-8-18)15-27-16-22(24(28)26-11-13-29-14-12-26)31-21-10-6-5-9-20(21)27/h2-10,22H,11-16H2,1H3. The fourth-order valence-electron chi connectivity index (χ4n) is 4.03. The summed E-state index contributed by atoms with van der Waals surface area (Å²) in [4.78, 5) is 21.8. The normalized spacial score (nSPS) is 18.4. The van der Waals surface area contributed by atoms with Crippen LogP contribution < -0.4 is 9.64 Å². The molecule has 1 unspecified atom stereocenters. The molecular formula is C24H25N3O4. The maximum atomic E-state index is 13.1. The first-order chi connectivity index (χ1) is 15.2. The van der Waals surface area contributed by atoms with Crippen molar-refractivity contribution in [1.82, 2.24) is 9.88 Å². The van der Waals surface area contributed by atoms with Crippen molar-refractivity contribution in [3.8, 4) is 17.2 Å². The number of aryl methyl sites for hydroxylation is 1. The van der Waals surface area contributed by atoms with Crippen LogP contribution in [0.1, 0.15) is 11.5 Å². The van der Waals surface area contributed by atoms with Gasteiger partial charge in [-0.1, -0.05) is 30.3 Å². The number of carbonyl (C=O) groups excluding carboxylic acids is 1.